The second-order valence-electron chi connectivity index (χ2n) is 5.79. The Bertz CT molecular complexity index is 313. The molecule has 1 aliphatic carbocycles. The first-order chi connectivity index (χ1) is 9.73. The zero-order valence-corrected chi connectivity index (χ0v) is 12.7. The number of rotatable bonds is 8. The van der Waals surface area contributed by atoms with E-state index in [0.29, 0.717) is 31.7 Å². The lowest BCUT2D eigenvalue weighted by atomic mass is 9.94. The number of nitrogens with one attached hydrogen (secondary N) is 1. The number of carbonyl (C=O) groups excluding carboxylic acids is 1. The molecule has 1 unspecified atom stereocenters. The Morgan fingerprint density at radius 3 is 2.55 bits per heavy atom. The molecule has 2 rings (SSSR count). The van der Waals surface area contributed by atoms with Crippen molar-refractivity contribution >= 4 is 5.97 Å². The summed E-state index contributed by atoms with van der Waals surface area (Å²) in [5.41, 5.74) is -0.652. The van der Waals surface area contributed by atoms with E-state index in [4.69, 9.17) is 14.2 Å². The molecule has 2 aliphatic rings. The summed E-state index contributed by atoms with van der Waals surface area (Å²) in [6.45, 7) is 5.02. The minimum absolute atomic E-state index is 0.169. The molecular formula is C15H27NO4. The van der Waals surface area contributed by atoms with Crippen LogP contribution >= 0.6 is 0 Å². The van der Waals surface area contributed by atoms with Crippen LogP contribution in [-0.4, -0.2) is 51.6 Å². The third-order valence-corrected chi connectivity index (χ3v) is 4.38. The molecule has 1 N–H and O–H groups in total. The van der Waals surface area contributed by atoms with Crippen LogP contribution in [0.3, 0.4) is 0 Å². The lowest BCUT2D eigenvalue weighted by molar-refractivity contribution is -0.155. The van der Waals surface area contributed by atoms with Crippen LogP contribution < -0.4 is 5.32 Å². The Morgan fingerprint density at radius 1 is 1.30 bits per heavy atom. The maximum Gasteiger partial charge on any atom is 0.329 e. The van der Waals surface area contributed by atoms with Gasteiger partial charge >= 0.3 is 5.97 Å². The summed E-state index contributed by atoms with van der Waals surface area (Å²) in [4.78, 5) is 12.3. The third-order valence-electron chi connectivity index (χ3n) is 4.38. The predicted molar refractivity (Wildman–Crippen MR) is 75.5 cm³/mol. The predicted octanol–water partition coefficient (Wildman–Crippen LogP) is 1.36. The lowest BCUT2D eigenvalue weighted by Gasteiger charge is -2.32. The first kappa shape index (κ1) is 15.7. The van der Waals surface area contributed by atoms with Crippen LogP contribution in [0.1, 0.15) is 32.6 Å². The maximum absolute atomic E-state index is 12.3. The van der Waals surface area contributed by atoms with Gasteiger partial charge in [-0.05, 0) is 51.5 Å². The number of carbonyl (C=O) groups is 1. The highest BCUT2D eigenvalue weighted by Crippen LogP contribution is 2.40. The van der Waals surface area contributed by atoms with Gasteiger partial charge < -0.3 is 19.5 Å². The van der Waals surface area contributed by atoms with Crippen LogP contribution in [0.15, 0.2) is 0 Å². The largest absolute Gasteiger partial charge is 0.465 e. The summed E-state index contributed by atoms with van der Waals surface area (Å²) in [5.74, 6) is 0.734. The van der Waals surface area contributed by atoms with E-state index < -0.39 is 5.54 Å². The molecule has 116 valence electrons. The summed E-state index contributed by atoms with van der Waals surface area (Å²) >= 11 is 0. The lowest BCUT2D eigenvalue weighted by Crippen LogP contribution is -2.57. The van der Waals surface area contributed by atoms with Crippen molar-refractivity contribution < 1.29 is 19.0 Å². The zero-order chi connectivity index (χ0) is 14.4. The number of esters is 1. The van der Waals surface area contributed by atoms with Crippen LogP contribution in [0.5, 0.6) is 0 Å². The third kappa shape index (κ3) is 3.71. The molecule has 1 saturated carbocycles. The molecule has 20 heavy (non-hydrogen) atoms. The fourth-order valence-electron chi connectivity index (χ4n) is 2.86. The average Bonchev–Trinajstić information content (AvgIpc) is 3.30. The van der Waals surface area contributed by atoms with Crippen molar-refractivity contribution in [3.8, 4) is 0 Å². The molecule has 0 spiro atoms. The first-order valence-corrected chi connectivity index (χ1v) is 7.74. The van der Waals surface area contributed by atoms with Gasteiger partial charge in [-0.15, -0.1) is 0 Å². The van der Waals surface area contributed by atoms with Crippen LogP contribution in [0.4, 0.5) is 0 Å². The summed E-state index contributed by atoms with van der Waals surface area (Å²) in [6.07, 6.45) is 4.24. The van der Waals surface area contributed by atoms with E-state index >= 15 is 0 Å². The van der Waals surface area contributed by atoms with E-state index in [9.17, 15) is 4.79 Å². The number of hydrogen-bond acceptors (Lipinski definition) is 5. The van der Waals surface area contributed by atoms with Crippen molar-refractivity contribution in [3.63, 3.8) is 0 Å². The number of ether oxygens (including phenoxy) is 3. The Labute approximate surface area is 121 Å². The number of likely N-dealkylation sites (N-methyl/N-ethyl adjacent to an activating group) is 1. The Kier molecular flexibility index (Phi) is 5.81. The molecular weight excluding hydrogens is 258 g/mol. The second kappa shape index (κ2) is 7.38. The van der Waals surface area contributed by atoms with Gasteiger partial charge in [0.25, 0.3) is 0 Å². The van der Waals surface area contributed by atoms with Gasteiger partial charge in [0.1, 0.15) is 5.54 Å². The van der Waals surface area contributed by atoms with Crippen LogP contribution in [0.2, 0.25) is 0 Å². The van der Waals surface area contributed by atoms with Gasteiger partial charge in [0, 0.05) is 19.8 Å². The zero-order valence-electron chi connectivity index (χ0n) is 12.7. The standard InChI is InChI=1S/C15H27NO4/c1-3-20-14(17)15(16-2,13-4-5-13)11-19-10-12-6-8-18-9-7-12/h12-13,16H,3-11H2,1-2H3. The first-order valence-electron chi connectivity index (χ1n) is 7.74. The van der Waals surface area contributed by atoms with Gasteiger partial charge in [-0.2, -0.15) is 0 Å². The molecule has 1 heterocycles. The van der Waals surface area contributed by atoms with Gasteiger partial charge in [0.15, 0.2) is 0 Å². The minimum atomic E-state index is -0.652. The van der Waals surface area contributed by atoms with E-state index in [2.05, 4.69) is 5.32 Å². The molecule has 0 amide bonds. The minimum Gasteiger partial charge on any atom is -0.465 e. The number of hydrogen-bond donors (Lipinski definition) is 1. The normalized spacial score (nSPS) is 23.3. The quantitative estimate of drug-likeness (QED) is 0.682. The van der Waals surface area contributed by atoms with E-state index in [1.54, 1.807) is 0 Å². The van der Waals surface area contributed by atoms with Crippen LogP contribution in [0.25, 0.3) is 0 Å². The van der Waals surface area contributed by atoms with Gasteiger partial charge in [-0.3, -0.25) is 0 Å². The van der Waals surface area contributed by atoms with Crippen molar-refractivity contribution in [2.75, 3.05) is 40.1 Å². The summed E-state index contributed by atoms with van der Waals surface area (Å²) < 4.78 is 16.5. The van der Waals surface area contributed by atoms with E-state index in [1.165, 1.54) is 0 Å². The molecule has 1 atom stereocenters. The molecule has 2 fully saturated rings. The monoisotopic (exact) mass is 285 g/mol. The fraction of sp³-hybridized carbons (Fsp3) is 0.933. The Balaban J connectivity index is 1.85. The SMILES string of the molecule is CCOC(=O)C(COCC1CCOCC1)(NC)C1CC1. The smallest absolute Gasteiger partial charge is 0.329 e. The highest BCUT2D eigenvalue weighted by Gasteiger charge is 2.51. The van der Waals surface area contributed by atoms with Crippen molar-refractivity contribution in [2.24, 2.45) is 11.8 Å². The molecule has 1 aliphatic heterocycles. The van der Waals surface area contributed by atoms with Gasteiger partial charge in [-0.25, -0.2) is 4.79 Å². The van der Waals surface area contributed by atoms with E-state index in [1.807, 2.05) is 14.0 Å². The summed E-state index contributed by atoms with van der Waals surface area (Å²) in [7, 11) is 1.83. The van der Waals surface area contributed by atoms with E-state index in [0.717, 1.165) is 38.9 Å². The molecule has 0 radical (unpaired) electrons. The second-order valence-corrected chi connectivity index (χ2v) is 5.79. The highest BCUT2D eigenvalue weighted by atomic mass is 16.5. The topological polar surface area (TPSA) is 56.8 Å². The Morgan fingerprint density at radius 2 is 2.00 bits per heavy atom. The molecule has 0 bridgehead atoms. The van der Waals surface area contributed by atoms with Crippen molar-refractivity contribution in [2.45, 2.75) is 38.1 Å². The molecule has 1 saturated heterocycles. The van der Waals surface area contributed by atoms with Gasteiger partial charge in [0.2, 0.25) is 0 Å². The summed E-state index contributed by atoms with van der Waals surface area (Å²) in [5, 5.41) is 3.18. The van der Waals surface area contributed by atoms with Crippen LogP contribution in [-0.2, 0) is 19.0 Å². The highest BCUT2D eigenvalue weighted by molar-refractivity contribution is 5.82. The van der Waals surface area contributed by atoms with Gasteiger partial charge in [0.05, 0.1) is 13.2 Å². The maximum atomic E-state index is 12.3. The molecule has 0 aromatic rings. The molecule has 0 aromatic heterocycles. The molecule has 5 nitrogen and oxygen atoms in total. The van der Waals surface area contributed by atoms with Crippen molar-refractivity contribution in [1.29, 1.82) is 0 Å². The van der Waals surface area contributed by atoms with Crippen molar-refractivity contribution in [3.05, 3.63) is 0 Å². The fourth-order valence-corrected chi connectivity index (χ4v) is 2.86. The van der Waals surface area contributed by atoms with Gasteiger partial charge in [-0.1, -0.05) is 0 Å². The van der Waals surface area contributed by atoms with E-state index in [-0.39, 0.29) is 5.97 Å². The molecule has 0 aromatic carbocycles. The summed E-state index contributed by atoms with van der Waals surface area (Å²) in [6, 6.07) is 0. The van der Waals surface area contributed by atoms with Crippen molar-refractivity contribution in [1.82, 2.24) is 5.32 Å². The Hall–Kier alpha value is -0.650. The average molecular weight is 285 g/mol. The molecule has 5 heteroatoms. The van der Waals surface area contributed by atoms with Crippen LogP contribution in [0, 0.1) is 11.8 Å².